The van der Waals surface area contributed by atoms with Crippen molar-refractivity contribution < 1.29 is 19.1 Å². The molecule has 3 rings (SSSR count). The molecule has 1 heterocycles. The second kappa shape index (κ2) is 9.56. The molecule has 0 saturated carbocycles. The average molecular weight is 432 g/mol. The van der Waals surface area contributed by atoms with Crippen molar-refractivity contribution in [1.29, 1.82) is 0 Å². The Hall–Kier alpha value is -3.86. The molecule has 0 atom stereocenters. The minimum absolute atomic E-state index is 0.0865. The fraction of sp³-hybridized carbons (Fsp3) is 0.167. The molecule has 30 heavy (non-hydrogen) atoms. The smallest absolute Gasteiger partial charge is 0.273 e. The van der Waals surface area contributed by atoms with E-state index in [-0.39, 0.29) is 22.9 Å². The molecule has 0 unspecified atom stereocenters. The largest absolute Gasteiger partial charge is 0.496 e. The maximum Gasteiger partial charge on any atom is 0.273 e. The number of carbonyl (C=O) groups is 2. The molecular formula is C18H18ClN7O4. The van der Waals surface area contributed by atoms with Gasteiger partial charge < -0.3 is 14.8 Å². The molecular weight excluding hydrogens is 414 g/mol. The van der Waals surface area contributed by atoms with Crippen LogP contribution in [0.3, 0.4) is 0 Å². The molecule has 156 valence electrons. The van der Waals surface area contributed by atoms with E-state index in [4.69, 9.17) is 21.1 Å². The van der Waals surface area contributed by atoms with Crippen molar-refractivity contribution in [1.82, 2.24) is 31.1 Å². The molecule has 0 spiro atoms. The summed E-state index contributed by atoms with van der Waals surface area (Å²) >= 11 is 6.24. The number of carbonyl (C=O) groups excluding carboxylic acids is 2. The first-order valence-corrected chi connectivity index (χ1v) is 8.98. The summed E-state index contributed by atoms with van der Waals surface area (Å²) in [6.45, 7) is -0.0865. The lowest BCUT2D eigenvalue weighted by atomic mass is 10.1. The minimum Gasteiger partial charge on any atom is -0.496 e. The highest BCUT2D eigenvalue weighted by molar-refractivity contribution is 6.33. The number of nitrogens with zero attached hydrogens (tertiary/aromatic N) is 4. The fourth-order valence-electron chi connectivity index (χ4n) is 2.54. The summed E-state index contributed by atoms with van der Waals surface area (Å²) in [6, 6.07) is 10.1. The fourth-order valence-corrected chi connectivity index (χ4v) is 2.79. The van der Waals surface area contributed by atoms with Crippen molar-refractivity contribution in [2.24, 2.45) is 0 Å². The normalized spacial score (nSPS) is 10.2. The Bertz CT molecular complexity index is 1040. The Kier molecular flexibility index (Phi) is 6.65. The monoisotopic (exact) mass is 431 g/mol. The molecule has 2 aromatic carbocycles. The van der Waals surface area contributed by atoms with Gasteiger partial charge in [0.1, 0.15) is 17.8 Å². The van der Waals surface area contributed by atoms with Crippen LogP contribution in [0.4, 0.5) is 5.69 Å². The SMILES string of the molecule is COc1ccccc1NCC(=O)NNC(=O)c1cc(Cl)c(-n2cnnn2)cc1OC. The highest BCUT2D eigenvalue weighted by Crippen LogP contribution is 2.29. The van der Waals surface area contributed by atoms with Crippen LogP contribution in [0.2, 0.25) is 5.02 Å². The molecule has 2 amide bonds. The molecule has 0 aliphatic carbocycles. The lowest BCUT2D eigenvalue weighted by Crippen LogP contribution is -2.44. The van der Waals surface area contributed by atoms with Gasteiger partial charge in [0.2, 0.25) is 0 Å². The second-order valence-electron chi connectivity index (χ2n) is 5.81. The first-order valence-electron chi connectivity index (χ1n) is 8.60. The van der Waals surface area contributed by atoms with Gasteiger partial charge in [0.25, 0.3) is 11.8 Å². The average Bonchev–Trinajstić information content (AvgIpc) is 3.30. The van der Waals surface area contributed by atoms with E-state index in [1.807, 2.05) is 6.07 Å². The Morgan fingerprint density at radius 2 is 1.87 bits per heavy atom. The molecule has 0 radical (unpaired) electrons. The topological polar surface area (TPSA) is 132 Å². The summed E-state index contributed by atoms with van der Waals surface area (Å²) in [6.07, 6.45) is 1.36. The van der Waals surface area contributed by atoms with E-state index in [0.29, 0.717) is 17.1 Å². The van der Waals surface area contributed by atoms with Gasteiger partial charge in [-0.1, -0.05) is 23.7 Å². The van der Waals surface area contributed by atoms with Crippen LogP contribution in [0.15, 0.2) is 42.7 Å². The van der Waals surface area contributed by atoms with Gasteiger partial charge >= 0.3 is 0 Å². The Morgan fingerprint density at radius 3 is 2.57 bits per heavy atom. The lowest BCUT2D eigenvalue weighted by molar-refractivity contribution is -0.120. The predicted octanol–water partition coefficient (Wildman–Crippen LogP) is 1.21. The van der Waals surface area contributed by atoms with Crippen molar-refractivity contribution in [2.45, 2.75) is 0 Å². The molecule has 3 N–H and O–H groups in total. The number of hydrogen-bond acceptors (Lipinski definition) is 8. The number of hydrogen-bond donors (Lipinski definition) is 3. The molecule has 12 heteroatoms. The highest BCUT2D eigenvalue weighted by Gasteiger charge is 2.18. The molecule has 0 saturated heterocycles. The Balaban J connectivity index is 1.63. The number of anilines is 1. The van der Waals surface area contributed by atoms with Crippen molar-refractivity contribution >= 4 is 29.1 Å². The van der Waals surface area contributed by atoms with Crippen molar-refractivity contribution in [3.05, 3.63) is 53.3 Å². The molecule has 0 bridgehead atoms. The number of ether oxygens (including phenoxy) is 2. The van der Waals surface area contributed by atoms with E-state index in [2.05, 4.69) is 31.7 Å². The summed E-state index contributed by atoms with van der Waals surface area (Å²) in [7, 11) is 2.93. The predicted molar refractivity (Wildman–Crippen MR) is 108 cm³/mol. The summed E-state index contributed by atoms with van der Waals surface area (Å²) in [5, 5.41) is 14.0. The Morgan fingerprint density at radius 1 is 1.10 bits per heavy atom. The number of tetrazole rings is 1. The lowest BCUT2D eigenvalue weighted by Gasteiger charge is -2.14. The third-order valence-electron chi connectivity index (χ3n) is 3.97. The van der Waals surface area contributed by atoms with E-state index in [9.17, 15) is 9.59 Å². The number of rotatable bonds is 7. The zero-order valence-electron chi connectivity index (χ0n) is 16.0. The van der Waals surface area contributed by atoms with Crippen LogP contribution in [0.5, 0.6) is 11.5 Å². The van der Waals surface area contributed by atoms with Crippen LogP contribution in [-0.4, -0.2) is 52.8 Å². The van der Waals surface area contributed by atoms with E-state index in [0.717, 1.165) is 0 Å². The van der Waals surface area contributed by atoms with Gasteiger partial charge in [0, 0.05) is 6.07 Å². The third-order valence-corrected chi connectivity index (χ3v) is 4.27. The van der Waals surface area contributed by atoms with Gasteiger partial charge in [-0.3, -0.25) is 20.4 Å². The van der Waals surface area contributed by atoms with Gasteiger partial charge in [0.05, 0.1) is 42.7 Å². The van der Waals surface area contributed by atoms with Gasteiger partial charge in [-0.15, -0.1) is 5.10 Å². The quantitative estimate of drug-likeness (QED) is 0.475. The zero-order valence-corrected chi connectivity index (χ0v) is 16.8. The summed E-state index contributed by atoms with van der Waals surface area (Å²) in [5.74, 6) is -0.257. The summed E-state index contributed by atoms with van der Waals surface area (Å²) < 4.78 is 11.8. The number of hydrazine groups is 1. The van der Waals surface area contributed by atoms with Crippen LogP contribution in [0.25, 0.3) is 5.69 Å². The molecule has 1 aromatic heterocycles. The van der Waals surface area contributed by atoms with Crippen LogP contribution < -0.4 is 25.6 Å². The molecule has 0 aliphatic heterocycles. The molecule has 0 aliphatic rings. The summed E-state index contributed by atoms with van der Waals surface area (Å²) in [4.78, 5) is 24.6. The number of benzene rings is 2. The maximum absolute atomic E-state index is 12.5. The van der Waals surface area contributed by atoms with Crippen molar-refractivity contribution in [3.63, 3.8) is 0 Å². The number of aromatic nitrogens is 4. The maximum atomic E-state index is 12.5. The molecule has 3 aromatic rings. The van der Waals surface area contributed by atoms with E-state index in [1.54, 1.807) is 18.2 Å². The zero-order chi connectivity index (χ0) is 21.5. The molecule has 0 fully saturated rings. The number of para-hydroxylation sites is 2. The number of halogens is 1. The third kappa shape index (κ3) is 4.75. The van der Waals surface area contributed by atoms with Crippen LogP contribution in [0.1, 0.15) is 10.4 Å². The van der Waals surface area contributed by atoms with Gasteiger partial charge in [-0.2, -0.15) is 4.68 Å². The van der Waals surface area contributed by atoms with Gasteiger partial charge in [-0.25, -0.2) is 0 Å². The second-order valence-corrected chi connectivity index (χ2v) is 6.22. The van der Waals surface area contributed by atoms with Gasteiger partial charge in [0.15, 0.2) is 0 Å². The van der Waals surface area contributed by atoms with E-state index in [1.165, 1.54) is 37.4 Å². The molecule has 11 nitrogen and oxygen atoms in total. The van der Waals surface area contributed by atoms with Crippen LogP contribution in [0, 0.1) is 0 Å². The van der Waals surface area contributed by atoms with E-state index >= 15 is 0 Å². The van der Waals surface area contributed by atoms with Gasteiger partial charge in [-0.05, 0) is 28.6 Å². The standard InChI is InChI=1S/C18H18ClN7O4/c1-29-15-6-4-3-5-13(15)20-9-17(27)22-23-18(28)11-7-12(19)14(8-16(11)30-2)26-10-21-24-25-26/h3-8,10,20H,9H2,1-2H3,(H,22,27)(H,23,28). The Labute approximate surface area is 176 Å². The first kappa shape index (κ1) is 20.9. The first-order chi connectivity index (χ1) is 14.5. The number of amides is 2. The summed E-state index contributed by atoms with van der Waals surface area (Å²) in [5.41, 5.74) is 5.85. The van der Waals surface area contributed by atoms with Crippen molar-refractivity contribution in [2.75, 3.05) is 26.1 Å². The van der Waals surface area contributed by atoms with Crippen molar-refractivity contribution in [3.8, 4) is 17.2 Å². The number of methoxy groups -OCH3 is 2. The minimum atomic E-state index is -0.609. The highest BCUT2D eigenvalue weighted by atomic mass is 35.5. The van der Waals surface area contributed by atoms with Crippen LogP contribution in [-0.2, 0) is 4.79 Å². The van der Waals surface area contributed by atoms with Crippen LogP contribution >= 0.6 is 11.6 Å². The number of nitrogens with one attached hydrogen (secondary N) is 3. The van der Waals surface area contributed by atoms with E-state index < -0.39 is 11.8 Å².